The first-order chi connectivity index (χ1) is 5.31. The molecule has 0 N–H and O–H groups in total. The van der Waals surface area contributed by atoms with Gasteiger partial charge in [0.25, 0.3) is 0 Å². The third-order valence-electron chi connectivity index (χ3n) is 1.19. The van der Waals surface area contributed by atoms with E-state index < -0.39 is 24.9 Å². The Balaban J connectivity index is 3.98. The molecule has 0 radical (unpaired) electrons. The minimum Gasteiger partial charge on any atom is -0.198 e. The van der Waals surface area contributed by atoms with Crippen molar-refractivity contribution >= 4 is 0 Å². The fraction of sp³-hybridized carbons (Fsp3) is 0.833. The zero-order valence-corrected chi connectivity index (χ0v) is 5.96. The van der Waals surface area contributed by atoms with Gasteiger partial charge in [-0.2, -0.15) is 27.2 Å². The molecule has 0 saturated heterocycles. The Bertz CT molecular complexity index is 177. The number of hydrogen-bond acceptors (Lipinski definition) is 1. The summed E-state index contributed by atoms with van der Waals surface area (Å²) in [5.74, 6) is -4.66. The van der Waals surface area contributed by atoms with Gasteiger partial charge in [-0.3, -0.25) is 0 Å². The molecule has 0 fully saturated rings. The summed E-state index contributed by atoms with van der Waals surface area (Å²) in [7, 11) is 0. The van der Waals surface area contributed by atoms with E-state index >= 15 is 0 Å². The van der Waals surface area contributed by atoms with Crippen molar-refractivity contribution in [1.29, 1.82) is 5.26 Å². The SMILES string of the molecule is N#CCCCC(F)(F)C(F)(F)F. The van der Waals surface area contributed by atoms with Gasteiger partial charge in [0.15, 0.2) is 0 Å². The molecule has 0 aliphatic heterocycles. The summed E-state index contributed by atoms with van der Waals surface area (Å²) in [5, 5.41) is 7.89. The van der Waals surface area contributed by atoms with E-state index in [1.165, 1.54) is 6.07 Å². The van der Waals surface area contributed by atoms with Gasteiger partial charge in [-0.25, -0.2) is 0 Å². The maximum Gasteiger partial charge on any atom is 0.453 e. The first-order valence-electron chi connectivity index (χ1n) is 3.13. The molecule has 0 aromatic rings. The zero-order chi connectivity index (χ0) is 9.83. The lowest BCUT2D eigenvalue weighted by atomic mass is 10.1. The molecule has 0 aliphatic rings. The molecule has 0 aliphatic carbocycles. The molecule has 0 rings (SSSR count). The fourth-order valence-corrected chi connectivity index (χ4v) is 0.531. The quantitative estimate of drug-likeness (QED) is 0.492. The maximum atomic E-state index is 12.0. The standard InChI is InChI=1S/C6H6F5N/c7-5(8,6(9,10)11)3-1-2-4-12/h1-3H2. The van der Waals surface area contributed by atoms with Crippen LogP contribution in [-0.4, -0.2) is 12.1 Å². The Hall–Kier alpha value is -0.860. The first kappa shape index (κ1) is 11.1. The van der Waals surface area contributed by atoms with Crippen molar-refractivity contribution in [1.82, 2.24) is 0 Å². The molecule has 0 atom stereocenters. The van der Waals surface area contributed by atoms with Crippen LogP contribution in [0.25, 0.3) is 0 Å². The fourth-order valence-electron chi connectivity index (χ4n) is 0.531. The van der Waals surface area contributed by atoms with Gasteiger partial charge in [-0.05, 0) is 6.42 Å². The van der Waals surface area contributed by atoms with E-state index in [2.05, 4.69) is 0 Å². The van der Waals surface area contributed by atoms with Crippen LogP contribution < -0.4 is 0 Å². The number of hydrogen-bond donors (Lipinski definition) is 0. The molecule has 0 unspecified atom stereocenters. The minimum atomic E-state index is -5.50. The highest BCUT2D eigenvalue weighted by molar-refractivity contribution is 4.78. The Morgan fingerprint density at radius 1 is 1.08 bits per heavy atom. The first-order valence-corrected chi connectivity index (χ1v) is 3.13. The van der Waals surface area contributed by atoms with Crippen LogP contribution in [0.15, 0.2) is 0 Å². The third kappa shape index (κ3) is 3.03. The summed E-state index contributed by atoms with van der Waals surface area (Å²) >= 11 is 0. The van der Waals surface area contributed by atoms with Crippen LogP contribution >= 0.6 is 0 Å². The van der Waals surface area contributed by atoms with Crippen LogP contribution in [0.2, 0.25) is 0 Å². The molecule has 0 amide bonds. The topological polar surface area (TPSA) is 23.8 Å². The lowest BCUT2D eigenvalue weighted by molar-refractivity contribution is -0.284. The van der Waals surface area contributed by atoms with Gasteiger partial charge in [0.1, 0.15) is 0 Å². The minimum absolute atomic E-state index is 0.286. The largest absolute Gasteiger partial charge is 0.453 e. The van der Waals surface area contributed by atoms with Gasteiger partial charge < -0.3 is 0 Å². The van der Waals surface area contributed by atoms with Crippen molar-refractivity contribution in [3.05, 3.63) is 0 Å². The summed E-state index contributed by atoms with van der Waals surface area (Å²) in [6.07, 6.45) is -7.54. The van der Waals surface area contributed by atoms with E-state index in [4.69, 9.17) is 5.26 Å². The molecule has 1 nitrogen and oxygen atoms in total. The number of halogens is 5. The molecular weight excluding hydrogens is 181 g/mol. The second-order valence-electron chi connectivity index (χ2n) is 2.21. The maximum absolute atomic E-state index is 12.0. The lowest BCUT2D eigenvalue weighted by Crippen LogP contribution is -2.36. The van der Waals surface area contributed by atoms with Crippen molar-refractivity contribution in [2.75, 3.05) is 0 Å². The smallest absolute Gasteiger partial charge is 0.198 e. The molecule has 70 valence electrons. The van der Waals surface area contributed by atoms with Crippen molar-refractivity contribution in [2.45, 2.75) is 31.4 Å². The summed E-state index contributed by atoms with van der Waals surface area (Å²) < 4.78 is 58.3. The van der Waals surface area contributed by atoms with Gasteiger partial charge in [-0.1, -0.05) is 0 Å². The summed E-state index contributed by atoms with van der Waals surface area (Å²) in [5.41, 5.74) is 0. The second-order valence-corrected chi connectivity index (χ2v) is 2.21. The molecule has 0 spiro atoms. The van der Waals surface area contributed by atoms with Crippen molar-refractivity contribution in [2.24, 2.45) is 0 Å². The average Bonchev–Trinajstić information content (AvgIpc) is 1.85. The third-order valence-corrected chi connectivity index (χ3v) is 1.19. The van der Waals surface area contributed by atoms with Gasteiger partial charge in [0, 0.05) is 12.8 Å². The van der Waals surface area contributed by atoms with E-state index in [9.17, 15) is 22.0 Å². The number of rotatable bonds is 3. The molecule has 12 heavy (non-hydrogen) atoms. The van der Waals surface area contributed by atoms with Crippen molar-refractivity contribution < 1.29 is 22.0 Å². The van der Waals surface area contributed by atoms with E-state index in [1.54, 1.807) is 0 Å². The molecular formula is C6H6F5N. The zero-order valence-electron chi connectivity index (χ0n) is 5.96. The highest BCUT2D eigenvalue weighted by Gasteiger charge is 2.56. The van der Waals surface area contributed by atoms with E-state index in [1.807, 2.05) is 0 Å². The Morgan fingerprint density at radius 3 is 1.92 bits per heavy atom. The molecule has 0 bridgehead atoms. The number of nitrogens with zero attached hydrogens (tertiary/aromatic N) is 1. The van der Waals surface area contributed by atoms with Gasteiger partial charge >= 0.3 is 12.1 Å². The van der Waals surface area contributed by atoms with Crippen molar-refractivity contribution in [3.8, 4) is 6.07 Å². The predicted molar refractivity (Wildman–Crippen MR) is 30.5 cm³/mol. The molecule has 6 heteroatoms. The lowest BCUT2D eigenvalue weighted by Gasteiger charge is -2.18. The molecule has 0 heterocycles. The average molecular weight is 187 g/mol. The van der Waals surface area contributed by atoms with E-state index in [-0.39, 0.29) is 6.42 Å². The van der Waals surface area contributed by atoms with Gasteiger partial charge in [0.05, 0.1) is 6.07 Å². The van der Waals surface area contributed by atoms with E-state index in [0.717, 1.165) is 0 Å². The molecule has 0 aromatic carbocycles. The highest BCUT2D eigenvalue weighted by Crippen LogP contribution is 2.38. The monoisotopic (exact) mass is 187 g/mol. The van der Waals surface area contributed by atoms with Gasteiger partial charge in [0.2, 0.25) is 0 Å². The summed E-state index contributed by atoms with van der Waals surface area (Å²) in [6, 6.07) is 1.49. The Labute approximate surface area is 65.8 Å². The second kappa shape index (κ2) is 3.70. The normalized spacial score (nSPS) is 12.7. The number of nitriles is 1. The molecule has 0 aromatic heterocycles. The Kier molecular flexibility index (Phi) is 3.43. The van der Waals surface area contributed by atoms with Crippen molar-refractivity contribution in [3.63, 3.8) is 0 Å². The van der Waals surface area contributed by atoms with Gasteiger partial charge in [-0.15, -0.1) is 0 Å². The van der Waals surface area contributed by atoms with E-state index in [0.29, 0.717) is 0 Å². The van der Waals surface area contributed by atoms with Crippen LogP contribution in [0, 0.1) is 11.3 Å². The Morgan fingerprint density at radius 2 is 1.58 bits per heavy atom. The van der Waals surface area contributed by atoms with Crippen LogP contribution in [-0.2, 0) is 0 Å². The predicted octanol–water partition coefficient (Wildman–Crippen LogP) is 2.88. The van der Waals surface area contributed by atoms with Crippen LogP contribution in [0.4, 0.5) is 22.0 Å². The van der Waals surface area contributed by atoms with Crippen LogP contribution in [0.5, 0.6) is 0 Å². The highest BCUT2D eigenvalue weighted by atomic mass is 19.4. The molecule has 0 saturated carbocycles. The van der Waals surface area contributed by atoms with Crippen LogP contribution in [0.1, 0.15) is 19.3 Å². The number of unbranched alkanes of at least 4 members (excludes halogenated alkanes) is 1. The van der Waals surface area contributed by atoms with Crippen LogP contribution in [0.3, 0.4) is 0 Å². The summed E-state index contributed by atoms with van der Waals surface area (Å²) in [6.45, 7) is 0. The number of alkyl halides is 5. The summed E-state index contributed by atoms with van der Waals surface area (Å²) in [4.78, 5) is 0.